The predicted octanol–water partition coefficient (Wildman–Crippen LogP) is 8.81. The van der Waals surface area contributed by atoms with Crippen LogP contribution in [0.2, 0.25) is 25.7 Å². The van der Waals surface area contributed by atoms with Crippen LogP contribution in [-0.2, 0) is 48.8 Å². The summed E-state index contributed by atoms with van der Waals surface area (Å²) in [6.45, 7) is 15.7. The summed E-state index contributed by atoms with van der Waals surface area (Å²) in [6, 6.07) is 22.1. The predicted molar refractivity (Wildman–Crippen MR) is 253 cm³/mol. The monoisotopic (exact) mass is 959 g/mol. The molecule has 2 amide bonds. The number of rotatable bonds is 14. The Morgan fingerprint density at radius 1 is 0.742 bits per heavy atom. The first-order chi connectivity index (χ1) is 30.8. The zero-order valence-corrected chi connectivity index (χ0v) is 41.8. The summed E-state index contributed by atoms with van der Waals surface area (Å²) in [5.74, 6) is 0.599. The summed E-state index contributed by atoms with van der Waals surface area (Å²) >= 11 is 0. The van der Waals surface area contributed by atoms with Crippen LogP contribution in [0, 0.1) is 0 Å². The molecule has 0 saturated heterocycles. The highest BCUT2D eigenvalue weighted by Crippen LogP contribution is 2.46. The number of aliphatic imine (C=N–C) groups is 1. The van der Waals surface area contributed by atoms with Crippen molar-refractivity contribution in [2.75, 3.05) is 20.0 Å². The Kier molecular flexibility index (Phi) is 14.3. The van der Waals surface area contributed by atoms with Gasteiger partial charge < -0.3 is 18.9 Å². The molecule has 0 bridgehead atoms. The number of H-pyrrole nitrogens is 1. The van der Waals surface area contributed by atoms with Gasteiger partial charge in [0.25, 0.3) is 0 Å². The lowest BCUT2D eigenvalue weighted by Gasteiger charge is -2.28. The highest BCUT2D eigenvalue weighted by atomic mass is 32.2. The second kappa shape index (κ2) is 19.1. The topological polar surface area (TPSA) is 213 Å². The minimum absolute atomic E-state index is 0.00870. The molecule has 0 saturated carbocycles. The number of fused-ring (bicyclic) bond motifs is 1. The number of carbonyl (C=O) groups excluding carboxylic acids is 2. The van der Waals surface area contributed by atoms with Crippen LogP contribution in [0.3, 0.4) is 0 Å². The molecule has 66 heavy (non-hydrogen) atoms. The molecule has 5 aromatic rings. The van der Waals surface area contributed by atoms with Gasteiger partial charge in [-0.05, 0) is 105 Å². The van der Waals surface area contributed by atoms with Crippen LogP contribution in [0.25, 0.3) is 22.5 Å². The fourth-order valence-corrected chi connectivity index (χ4v) is 13.8. The van der Waals surface area contributed by atoms with Gasteiger partial charge in [0.1, 0.15) is 33.4 Å². The van der Waals surface area contributed by atoms with Crippen LogP contribution in [0.4, 0.5) is 15.3 Å². The molecule has 0 unspecified atom stereocenters. The van der Waals surface area contributed by atoms with Crippen LogP contribution in [-0.4, -0.2) is 104 Å². The van der Waals surface area contributed by atoms with Gasteiger partial charge in [0.15, 0.2) is 9.84 Å². The number of imide groups is 1. The Labute approximate surface area is 387 Å². The van der Waals surface area contributed by atoms with Crippen molar-refractivity contribution in [1.82, 2.24) is 29.8 Å². The Balaban J connectivity index is 1.63. The molecule has 0 radical (unpaired) electrons. The van der Waals surface area contributed by atoms with Crippen molar-refractivity contribution >= 4 is 51.6 Å². The molecular formula is C46H57N7O10S2Si. The van der Waals surface area contributed by atoms with Crippen LogP contribution in [0.1, 0.15) is 58.2 Å². The summed E-state index contributed by atoms with van der Waals surface area (Å²) in [5.41, 5.74) is 0.428. The second-order valence-electron chi connectivity index (χ2n) is 19.0. The summed E-state index contributed by atoms with van der Waals surface area (Å²) in [5, 5.41) is 14.7. The van der Waals surface area contributed by atoms with E-state index in [-0.39, 0.29) is 53.7 Å². The fraction of sp³-hybridized carbons (Fsp3) is 0.391. The number of para-hydroxylation sites is 1. The summed E-state index contributed by atoms with van der Waals surface area (Å²) in [4.78, 5) is 32.1. The molecule has 2 heterocycles. The average molecular weight is 960 g/mol. The molecule has 6 rings (SSSR count). The molecule has 0 spiro atoms. The maximum absolute atomic E-state index is 15.9. The minimum Gasteiger partial charge on any atom is -0.497 e. The molecular weight excluding hydrogens is 903 g/mol. The molecule has 0 aliphatic carbocycles. The average Bonchev–Trinajstić information content (AvgIpc) is 3.92. The molecule has 352 valence electrons. The number of hydrogen-bond acceptors (Lipinski definition) is 14. The lowest BCUT2D eigenvalue weighted by Crippen LogP contribution is -2.47. The number of sulfonamides is 1. The van der Waals surface area contributed by atoms with Crippen LogP contribution < -0.4 is 9.47 Å². The van der Waals surface area contributed by atoms with Crippen molar-refractivity contribution in [2.45, 2.75) is 108 Å². The van der Waals surface area contributed by atoms with Gasteiger partial charge in [-0.2, -0.15) is 14.4 Å². The number of ether oxygens (including phenoxy) is 4. The summed E-state index contributed by atoms with van der Waals surface area (Å²) in [7, 11) is -8.12. The number of aromatic amines is 1. The standard InChI is InChI=1S/C46H57N7O10S2Si/c1-45(2,3)62-43(54)53(44(55)63-46(4,5)6)38-27-32-13-12-14-36(40(32)47-38)35-23-24-37(64(56,57)25-26-66(9,10)11)41(39(35)42-48-50-51-49-42)65(58,59)52(28-30-15-19-33(60-7)20-16-30)29-31-17-21-34(61-8)22-18-31/h12-24H,25-29H2,1-11H3,(H,48,49,50,51). The number of amidine groups is 1. The third-order valence-electron chi connectivity index (χ3n) is 10.2. The van der Waals surface area contributed by atoms with Crippen LogP contribution in [0.15, 0.2) is 93.6 Å². The smallest absolute Gasteiger partial charge is 0.425 e. The molecule has 1 aliphatic rings. The Morgan fingerprint density at radius 3 is 1.76 bits per heavy atom. The number of nitrogens with zero attached hydrogens (tertiary/aromatic N) is 6. The summed E-state index contributed by atoms with van der Waals surface area (Å²) in [6.07, 6.45) is -2.04. The normalized spacial score (nSPS) is 13.2. The van der Waals surface area contributed by atoms with Crippen molar-refractivity contribution in [3.05, 3.63) is 95.6 Å². The van der Waals surface area contributed by atoms with E-state index in [1.54, 1.807) is 108 Å². The first-order valence-electron chi connectivity index (χ1n) is 21.2. The van der Waals surface area contributed by atoms with E-state index in [0.29, 0.717) is 39.8 Å². The van der Waals surface area contributed by atoms with E-state index in [1.807, 2.05) is 19.6 Å². The van der Waals surface area contributed by atoms with Gasteiger partial charge >= 0.3 is 12.2 Å². The van der Waals surface area contributed by atoms with E-state index in [9.17, 15) is 18.0 Å². The van der Waals surface area contributed by atoms with Crippen molar-refractivity contribution in [1.29, 1.82) is 0 Å². The molecule has 0 fully saturated rings. The Morgan fingerprint density at radius 2 is 1.29 bits per heavy atom. The van der Waals surface area contributed by atoms with Gasteiger partial charge in [0, 0.05) is 33.1 Å². The van der Waals surface area contributed by atoms with Crippen molar-refractivity contribution in [2.24, 2.45) is 4.99 Å². The molecule has 17 nitrogen and oxygen atoms in total. The zero-order valence-electron chi connectivity index (χ0n) is 39.1. The second-order valence-corrected chi connectivity index (χ2v) is 28.5. The van der Waals surface area contributed by atoms with Crippen molar-refractivity contribution < 1.29 is 45.4 Å². The van der Waals surface area contributed by atoms with Crippen molar-refractivity contribution in [3.63, 3.8) is 0 Å². The van der Waals surface area contributed by atoms with Crippen LogP contribution in [0.5, 0.6) is 11.5 Å². The SMILES string of the molecule is COc1ccc(CN(Cc2ccc(OC)cc2)S(=O)(=O)c2c(S(=O)(=O)CC[Si](C)(C)C)ccc(-c3cccc4c3N=C(N(C(=O)OC(C)(C)C)C(=O)OC(C)(C)C)C4)c2-c2nn[nH]n2)cc1. The van der Waals surface area contributed by atoms with Gasteiger partial charge in [-0.1, -0.05) is 68.2 Å². The number of aromatic nitrogens is 4. The van der Waals surface area contributed by atoms with E-state index in [0.717, 1.165) is 4.90 Å². The third-order valence-corrected chi connectivity index (χ3v) is 16.1. The number of methoxy groups -OCH3 is 2. The van der Waals surface area contributed by atoms with E-state index in [4.69, 9.17) is 23.9 Å². The fourth-order valence-electron chi connectivity index (χ4n) is 7.01. The highest BCUT2D eigenvalue weighted by molar-refractivity contribution is 7.93. The Bertz CT molecular complexity index is 2760. The molecule has 0 atom stereocenters. The lowest BCUT2D eigenvalue weighted by molar-refractivity contribution is 0.0145. The number of amides is 2. The number of hydrogen-bond donors (Lipinski definition) is 1. The maximum atomic E-state index is 15.9. The van der Waals surface area contributed by atoms with E-state index in [2.05, 4.69) is 20.6 Å². The Hall–Kier alpha value is -5.96. The van der Waals surface area contributed by atoms with Gasteiger partial charge in [0.05, 0.1) is 36.1 Å². The molecule has 4 aromatic carbocycles. The van der Waals surface area contributed by atoms with Gasteiger partial charge in [-0.3, -0.25) is 0 Å². The summed E-state index contributed by atoms with van der Waals surface area (Å²) < 4.78 is 84.6. The highest BCUT2D eigenvalue weighted by Gasteiger charge is 2.40. The van der Waals surface area contributed by atoms with Crippen LogP contribution >= 0.6 is 0 Å². The first-order valence-corrected chi connectivity index (χ1v) is 28.0. The molecule has 20 heteroatoms. The number of benzene rings is 4. The van der Waals surface area contributed by atoms with Gasteiger partial charge in [0.2, 0.25) is 15.8 Å². The molecule has 1 aromatic heterocycles. The third kappa shape index (κ3) is 11.7. The van der Waals surface area contributed by atoms with E-state index < -0.39 is 61.1 Å². The van der Waals surface area contributed by atoms with E-state index >= 15 is 8.42 Å². The number of tetrazole rings is 1. The van der Waals surface area contributed by atoms with Gasteiger partial charge in [-0.15, -0.1) is 10.2 Å². The number of sulfone groups is 1. The van der Waals surface area contributed by atoms with E-state index in [1.165, 1.54) is 30.7 Å². The maximum Gasteiger partial charge on any atom is 0.425 e. The number of carbonyl (C=O) groups is 2. The lowest BCUT2D eigenvalue weighted by atomic mass is 9.95. The first kappa shape index (κ1) is 49.5. The van der Waals surface area contributed by atoms with Crippen molar-refractivity contribution in [3.8, 4) is 34.0 Å². The largest absolute Gasteiger partial charge is 0.497 e. The quantitative estimate of drug-likeness (QED) is 0.103. The number of nitrogens with one attached hydrogen (secondary N) is 1. The van der Waals surface area contributed by atoms with Gasteiger partial charge in [-0.25, -0.2) is 31.4 Å². The molecule has 1 N–H and O–H groups in total. The molecule has 1 aliphatic heterocycles. The minimum atomic E-state index is -4.86. The zero-order chi connectivity index (χ0) is 48.4.